The summed E-state index contributed by atoms with van der Waals surface area (Å²) >= 11 is 9.38. The zero-order chi connectivity index (χ0) is 31.5. The molecule has 13 heteroatoms. The molecule has 44 heavy (non-hydrogen) atoms. The average Bonchev–Trinajstić information content (AvgIpc) is 3.00. The molecule has 0 saturated heterocycles. The Morgan fingerprint density at radius 2 is 1.48 bits per heavy atom. The van der Waals surface area contributed by atoms with E-state index in [1.54, 1.807) is 72.8 Å². The van der Waals surface area contributed by atoms with E-state index in [-0.39, 0.29) is 24.5 Å². The Labute approximate surface area is 267 Å². The minimum absolute atomic E-state index is 0.0150. The summed E-state index contributed by atoms with van der Waals surface area (Å²) < 4.78 is 39.5. The van der Waals surface area contributed by atoms with E-state index in [1.807, 2.05) is 10.8 Å². The zero-order valence-corrected chi connectivity index (χ0v) is 26.2. The number of benzene rings is 4. The molecule has 0 aromatic heterocycles. The number of rotatable bonds is 12. The SMILES string of the molecule is O=C(COc1ccc(Br)cc1Cl)Nc1ccc(S(=O)(=O)NC(=O)[C@H](Cc2ccccc2)NC(=O)OCc2ccccc2)cc1. The molecule has 1 atom stereocenters. The fraction of sp³-hybridized carbons (Fsp3) is 0.129. The van der Waals surface area contributed by atoms with Crippen LogP contribution in [-0.2, 0) is 37.4 Å². The Morgan fingerprint density at radius 1 is 0.841 bits per heavy atom. The van der Waals surface area contributed by atoms with Crippen LogP contribution in [0.2, 0.25) is 5.02 Å². The number of ether oxygens (including phenoxy) is 2. The van der Waals surface area contributed by atoms with Crippen LogP contribution in [0.4, 0.5) is 10.5 Å². The third kappa shape index (κ3) is 9.83. The normalized spacial score (nSPS) is 11.6. The topological polar surface area (TPSA) is 140 Å². The van der Waals surface area contributed by atoms with Crippen molar-refractivity contribution in [3.63, 3.8) is 0 Å². The van der Waals surface area contributed by atoms with Gasteiger partial charge >= 0.3 is 6.09 Å². The summed E-state index contributed by atoms with van der Waals surface area (Å²) in [6.07, 6.45) is -0.866. The van der Waals surface area contributed by atoms with Gasteiger partial charge in [-0.2, -0.15) is 0 Å². The molecule has 228 valence electrons. The number of nitrogens with one attached hydrogen (secondary N) is 3. The first-order chi connectivity index (χ1) is 21.1. The van der Waals surface area contributed by atoms with Crippen molar-refractivity contribution in [1.29, 1.82) is 0 Å². The van der Waals surface area contributed by atoms with Gasteiger partial charge in [-0.05, 0) is 53.6 Å². The van der Waals surface area contributed by atoms with Crippen LogP contribution in [0, 0.1) is 0 Å². The molecule has 3 N–H and O–H groups in total. The van der Waals surface area contributed by atoms with Crippen molar-refractivity contribution in [1.82, 2.24) is 10.0 Å². The minimum atomic E-state index is -4.34. The molecule has 0 saturated carbocycles. The molecule has 0 aliphatic heterocycles. The third-order valence-corrected chi connectivity index (χ3v) is 8.19. The minimum Gasteiger partial charge on any atom is -0.482 e. The molecule has 4 rings (SSSR count). The number of hydrogen-bond donors (Lipinski definition) is 3. The number of carbonyl (C=O) groups is 3. The van der Waals surface area contributed by atoms with Gasteiger partial charge in [-0.25, -0.2) is 17.9 Å². The molecule has 0 spiro atoms. The van der Waals surface area contributed by atoms with E-state index >= 15 is 0 Å². The second-order valence-corrected chi connectivity index (χ2v) is 12.4. The van der Waals surface area contributed by atoms with Gasteiger partial charge in [-0.15, -0.1) is 0 Å². The lowest BCUT2D eigenvalue weighted by Gasteiger charge is -2.19. The predicted molar refractivity (Wildman–Crippen MR) is 169 cm³/mol. The highest BCUT2D eigenvalue weighted by Crippen LogP contribution is 2.27. The van der Waals surface area contributed by atoms with Gasteiger partial charge in [0.2, 0.25) is 0 Å². The van der Waals surface area contributed by atoms with Gasteiger partial charge in [-0.1, -0.05) is 88.2 Å². The molecule has 0 fully saturated rings. The quantitative estimate of drug-likeness (QED) is 0.178. The molecule has 3 amide bonds. The first-order valence-corrected chi connectivity index (χ1v) is 15.8. The Morgan fingerprint density at radius 3 is 2.11 bits per heavy atom. The number of anilines is 1. The summed E-state index contributed by atoms with van der Waals surface area (Å²) in [5, 5.41) is 5.38. The third-order valence-electron chi connectivity index (χ3n) is 6.04. The second-order valence-electron chi connectivity index (χ2n) is 9.35. The number of sulfonamides is 1. The van der Waals surface area contributed by atoms with E-state index in [1.165, 1.54) is 24.3 Å². The van der Waals surface area contributed by atoms with Crippen LogP contribution in [0.5, 0.6) is 5.75 Å². The van der Waals surface area contributed by atoms with Crippen LogP contribution in [0.15, 0.2) is 112 Å². The summed E-state index contributed by atoms with van der Waals surface area (Å²) in [5.41, 5.74) is 1.74. The van der Waals surface area contributed by atoms with Crippen LogP contribution in [0.1, 0.15) is 11.1 Å². The summed E-state index contributed by atoms with van der Waals surface area (Å²) in [5.74, 6) is -1.12. The van der Waals surface area contributed by atoms with Crippen molar-refractivity contribution in [3.05, 3.63) is 124 Å². The lowest BCUT2D eigenvalue weighted by molar-refractivity contribution is -0.121. The fourth-order valence-electron chi connectivity index (χ4n) is 3.88. The van der Waals surface area contributed by atoms with Crippen LogP contribution in [0.25, 0.3) is 0 Å². The predicted octanol–water partition coefficient (Wildman–Crippen LogP) is 5.46. The van der Waals surface area contributed by atoms with Gasteiger partial charge in [0, 0.05) is 16.6 Å². The van der Waals surface area contributed by atoms with Crippen molar-refractivity contribution >= 4 is 61.1 Å². The molecule has 0 unspecified atom stereocenters. The summed E-state index contributed by atoms with van der Waals surface area (Å²) in [6.45, 7) is -0.362. The van der Waals surface area contributed by atoms with E-state index in [9.17, 15) is 22.8 Å². The maximum atomic E-state index is 13.1. The molecule has 0 radical (unpaired) electrons. The Balaban J connectivity index is 1.36. The monoisotopic (exact) mass is 699 g/mol. The number of hydrogen-bond acceptors (Lipinski definition) is 7. The van der Waals surface area contributed by atoms with Crippen molar-refractivity contribution in [3.8, 4) is 5.75 Å². The highest BCUT2D eigenvalue weighted by atomic mass is 79.9. The highest BCUT2D eigenvalue weighted by molar-refractivity contribution is 9.10. The first-order valence-electron chi connectivity index (χ1n) is 13.1. The van der Waals surface area contributed by atoms with Crippen LogP contribution < -0.4 is 20.1 Å². The smallest absolute Gasteiger partial charge is 0.408 e. The van der Waals surface area contributed by atoms with Crippen molar-refractivity contribution in [2.24, 2.45) is 0 Å². The molecular formula is C31H27BrClN3O7S. The van der Waals surface area contributed by atoms with Crippen molar-refractivity contribution in [2.75, 3.05) is 11.9 Å². The lowest BCUT2D eigenvalue weighted by Crippen LogP contribution is -2.49. The second kappa shape index (κ2) is 15.4. The van der Waals surface area contributed by atoms with E-state index in [0.29, 0.717) is 22.0 Å². The molecule has 0 aliphatic rings. The van der Waals surface area contributed by atoms with Gasteiger partial charge in [0.25, 0.3) is 21.8 Å². The van der Waals surface area contributed by atoms with Crippen molar-refractivity contribution in [2.45, 2.75) is 24.0 Å². The van der Waals surface area contributed by atoms with Crippen LogP contribution >= 0.6 is 27.5 Å². The Kier molecular flexibility index (Phi) is 11.4. The number of halogens is 2. The molecule has 0 aliphatic carbocycles. The standard InChI is InChI=1S/C31H27BrClN3O7S/c32-23-11-16-28(26(33)18-23)42-20-29(37)34-24-12-14-25(15-13-24)44(40,41)36-30(38)27(17-21-7-3-1-4-8-21)35-31(39)43-19-22-9-5-2-6-10-22/h1-16,18,27H,17,19-20H2,(H,34,37)(H,35,39)(H,36,38)/t27-/m0/s1. The summed E-state index contributed by atoms with van der Waals surface area (Å²) in [4.78, 5) is 37.8. The highest BCUT2D eigenvalue weighted by Gasteiger charge is 2.27. The van der Waals surface area contributed by atoms with Crippen LogP contribution in [-0.4, -0.2) is 39.0 Å². The first kappa shape index (κ1) is 32.5. The van der Waals surface area contributed by atoms with E-state index in [0.717, 1.165) is 10.0 Å². The summed E-state index contributed by atoms with van der Waals surface area (Å²) in [6, 6.07) is 26.7. The van der Waals surface area contributed by atoms with Crippen LogP contribution in [0.3, 0.4) is 0 Å². The average molecular weight is 701 g/mol. The maximum Gasteiger partial charge on any atom is 0.408 e. The van der Waals surface area contributed by atoms with E-state index < -0.39 is 34.0 Å². The summed E-state index contributed by atoms with van der Waals surface area (Å²) in [7, 11) is -4.34. The van der Waals surface area contributed by atoms with Gasteiger partial charge in [0.15, 0.2) is 6.61 Å². The Bertz CT molecular complexity index is 1710. The molecule has 4 aromatic rings. The molecule has 0 heterocycles. The molecular weight excluding hydrogens is 674 g/mol. The van der Waals surface area contributed by atoms with Gasteiger partial charge in [0.05, 0.1) is 9.92 Å². The van der Waals surface area contributed by atoms with Gasteiger partial charge in [0.1, 0.15) is 18.4 Å². The maximum absolute atomic E-state index is 13.1. The zero-order valence-electron chi connectivity index (χ0n) is 23.0. The van der Waals surface area contributed by atoms with Gasteiger partial charge in [-0.3, -0.25) is 9.59 Å². The Hall–Kier alpha value is -4.39. The fourth-order valence-corrected chi connectivity index (χ4v) is 5.63. The lowest BCUT2D eigenvalue weighted by atomic mass is 10.1. The largest absolute Gasteiger partial charge is 0.482 e. The number of carbonyl (C=O) groups excluding carboxylic acids is 3. The molecule has 4 aromatic carbocycles. The van der Waals surface area contributed by atoms with E-state index in [4.69, 9.17) is 21.1 Å². The molecule has 10 nitrogen and oxygen atoms in total. The van der Waals surface area contributed by atoms with Gasteiger partial charge < -0.3 is 20.1 Å². The number of amides is 3. The van der Waals surface area contributed by atoms with Crippen molar-refractivity contribution < 1.29 is 32.3 Å². The number of alkyl carbamates (subject to hydrolysis) is 1. The molecule has 0 bridgehead atoms. The van der Waals surface area contributed by atoms with E-state index in [2.05, 4.69) is 26.6 Å².